The maximum atomic E-state index is 12.8. The molecule has 1 aliphatic heterocycles. The molecule has 0 saturated carbocycles. The second-order valence-electron chi connectivity index (χ2n) is 6.53. The van der Waals surface area contributed by atoms with Crippen LogP contribution >= 0.6 is 0 Å². The van der Waals surface area contributed by atoms with E-state index in [4.69, 9.17) is 0 Å². The number of hydrogen-bond donors (Lipinski definition) is 1. The van der Waals surface area contributed by atoms with Crippen molar-refractivity contribution in [2.45, 2.75) is 19.0 Å². The molecule has 1 aliphatic rings. The van der Waals surface area contributed by atoms with Crippen LogP contribution in [0.3, 0.4) is 0 Å². The van der Waals surface area contributed by atoms with Crippen molar-refractivity contribution < 1.29 is 18.0 Å². The molecule has 7 nitrogen and oxygen atoms in total. The van der Waals surface area contributed by atoms with Crippen molar-refractivity contribution in [2.75, 3.05) is 13.1 Å². The molecule has 0 aromatic carbocycles. The Kier molecular flexibility index (Phi) is 4.05. The van der Waals surface area contributed by atoms with E-state index in [1.54, 1.807) is 30.6 Å². The number of nitrogens with zero attached hydrogens (tertiary/aromatic N) is 4. The molecule has 0 aliphatic carbocycles. The fourth-order valence-corrected chi connectivity index (χ4v) is 3.30. The van der Waals surface area contributed by atoms with Gasteiger partial charge in [0.2, 0.25) is 5.95 Å². The van der Waals surface area contributed by atoms with E-state index in [-0.39, 0.29) is 43.3 Å². The Bertz CT molecular complexity index is 1040. The molecule has 4 rings (SSSR count). The van der Waals surface area contributed by atoms with E-state index in [1.165, 1.54) is 20.2 Å². The highest BCUT2D eigenvalue weighted by Crippen LogP contribution is 2.34. The van der Waals surface area contributed by atoms with Gasteiger partial charge in [-0.1, -0.05) is 0 Å². The summed E-state index contributed by atoms with van der Waals surface area (Å²) in [6, 6.07) is 4.87. The highest BCUT2D eigenvalue weighted by molar-refractivity contribution is 5.94. The Balaban J connectivity index is 1.52. The first-order valence-electron chi connectivity index (χ1n) is 8.45. The average molecular weight is 379 g/mol. The van der Waals surface area contributed by atoms with Gasteiger partial charge in [0.15, 0.2) is 0 Å². The summed E-state index contributed by atoms with van der Waals surface area (Å²) in [6.45, 7) is 0.136. The second kappa shape index (κ2) is 6.29. The fraction of sp³-hybridized carbons (Fsp3) is 0.353. The summed E-state index contributed by atoms with van der Waals surface area (Å²) in [5, 5.41) is 4.26. The number of carbonyl (C=O) groups is 1. The minimum Gasteiger partial charge on any atom is -0.339 e. The highest BCUT2D eigenvalue weighted by atomic mass is 19.4. The summed E-state index contributed by atoms with van der Waals surface area (Å²) in [5.41, 5.74) is 0.409. The van der Waals surface area contributed by atoms with E-state index in [0.29, 0.717) is 11.1 Å². The molecule has 4 heterocycles. The van der Waals surface area contributed by atoms with E-state index >= 15 is 0 Å². The molecule has 0 bridgehead atoms. The molecule has 1 amide bonds. The lowest BCUT2D eigenvalue weighted by molar-refractivity contribution is -0.183. The smallest absolute Gasteiger partial charge is 0.339 e. The summed E-state index contributed by atoms with van der Waals surface area (Å²) in [5.74, 6) is -1.45. The van der Waals surface area contributed by atoms with Gasteiger partial charge in [0.05, 0.1) is 11.5 Å². The SMILES string of the molecule is O=C(c1ccn(-c2nn3cccc3c(=O)[nH]2)c1)N1CCC(C(F)(F)F)CC1. The van der Waals surface area contributed by atoms with Crippen LogP contribution in [0.25, 0.3) is 11.5 Å². The van der Waals surface area contributed by atoms with E-state index in [0.717, 1.165) is 0 Å². The van der Waals surface area contributed by atoms with Crippen molar-refractivity contribution in [3.8, 4) is 5.95 Å². The molecular weight excluding hydrogens is 363 g/mol. The van der Waals surface area contributed by atoms with Gasteiger partial charge < -0.3 is 4.90 Å². The lowest BCUT2D eigenvalue weighted by atomic mass is 9.96. The quantitative estimate of drug-likeness (QED) is 0.742. The molecule has 0 radical (unpaired) electrons. The van der Waals surface area contributed by atoms with E-state index in [9.17, 15) is 22.8 Å². The Morgan fingerprint density at radius 2 is 1.93 bits per heavy atom. The Labute approximate surface area is 151 Å². The largest absolute Gasteiger partial charge is 0.391 e. The monoisotopic (exact) mass is 379 g/mol. The molecule has 3 aromatic rings. The number of hydrogen-bond acceptors (Lipinski definition) is 3. The van der Waals surface area contributed by atoms with Crippen LogP contribution < -0.4 is 5.56 Å². The van der Waals surface area contributed by atoms with Gasteiger partial charge in [0.1, 0.15) is 5.52 Å². The maximum absolute atomic E-state index is 12.8. The number of aromatic amines is 1. The molecule has 1 fully saturated rings. The van der Waals surface area contributed by atoms with Crippen molar-refractivity contribution in [1.82, 2.24) is 24.1 Å². The third-order valence-corrected chi connectivity index (χ3v) is 4.82. The lowest BCUT2D eigenvalue weighted by Crippen LogP contribution is -2.42. The lowest BCUT2D eigenvalue weighted by Gasteiger charge is -2.32. The topological polar surface area (TPSA) is 75.4 Å². The fourth-order valence-electron chi connectivity index (χ4n) is 3.30. The van der Waals surface area contributed by atoms with Crippen molar-refractivity contribution in [3.05, 3.63) is 52.7 Å². The molecule has 3 aromatic heterocycles. The number of aromatic nitrogens is 4. The van der Waals surface area contributed by atoms with Crippen LogP contribution in [0.4, 0.5) is 13.2 Å². The van der Waals surface area contributed by atoms with Crippen LogP contribution in [0.2, 0.25) is 0 Å². The van der Waals surface area contributed by atoms with E-state index in [1.807, 2.05) is 0 Å². The maximum Gasteiger partial charge on any atom is 0.391 e. The summed E-state index contributed by atoms with van der Waals surface area (Å²) >= 11 is 0. The van der Waals surface area contributed by atoms with Crippen LogP contribution in [-0.2, 0) is 0 Å². The summed E-state index contributed by atoms with van der Waals surface area (Å²) in [7, 11) is 0. The van der Waals surface area contributed by atoms with Crippen molar-refractivity contribution >= 4 is 11.4 Å². The van der Waals surface area contributed by atoms with Gasteiger partial charge in [0.25, 0.3) is 11.5 Å². The standard InChI is InChI=1S/C17H16F3N5O2/c18-17(19,20)12-4-8-23(9-5-12)15(27)11-3-7-24(10-11)16-21-14(26)13-2-1-6-25(13)22-16/h1-3,6-7,10,12H,4-5,8-9H2,(H,21,22,26). The van der Waals surface area contributed by atoms with Gasteiger partial charge in [-0.2, -0.15) is 13.2 Å². The van der Waals surface area contributed by atoms with Crippen LogP contribution in [0, 0.1) is 5.92 Å². The molecule has 27 heavy (non-hydrogen) atoms. The van der Waals surface area contributed by atoms with E-state index < -0.39 is 12.1 Å². The molecule has 1 saturated heterocycles. The molecule has 142 valence electrons. The number of alkyl halides is 3. The molecular formula is C17H16F3N5O2. The Hall–Kier alpha value is -3.04. The molecule has 0 atom stereocenters. The summed E-state index contributed by atoms with van der Waals surface area (Å²) < 4.78 is 41.2. The minimum atomic E-state index is -4.22. The first kappa shape index (κ1) is 17.4. The zero-order valence-electron chi connectivity index (χ0n) is 14.1. The van der Waals surface area contributed by atoms with Gasteiger partial charge >= 0.3 is 6.18 Å². The van der Waals surface area contributed by atoms with E-state index in [2.05, 4.69) is 10.1 Å². The third kappa shape index (κ3) is 3.22. The van der Waals surface area contributed by atoms with Crippen molar-refractivity contribution in [3.63, 3.8) is 0 Å². The number of rotatable bonds is 2. The number of fused-ring (bicyclic) bond motifs is 1. The third-order valence-electron chi connectivity index (χ3n) is 4.82. The number of carbonyl (C=O) groups excluding carboxylic acids is 1. The van der Waals surface area contributed by atoms with Crippen LogP contribution in [-0.4, -0.2) is 49.2 Å². The molecule has 1 N–H and O–H groups in total. The summed E-state index contributed by atoms with van der Waals surface area (Å²) in [4.78, 5) is 28.7. The van der Waals surface area contributed by atoms with Gasteiger partial charge in [-0.25, -0.2) is 4.52 Å². The van der Waals surface area contributed by atoms with Gasteiger partial charge in [-0.15, -0.1) is 5.10 Å². The van der Waals surface area contributed by atoms with Crippen molar-refractivity contribution in [1.29, 1.82) is 0 Å². The van der Waals surface area contributed by atoms with Gasteiger partial charge in [0, 0.05) is 31.7 Å². The number of nitrogens with one attached hydrogen (secondary N) is 1. The normalized spacial score (nSPS) is 16.2. The van der Waals surface area contributed by atoms with Gasteiger partial charge in [-0.3, -0.25) is 19.1 Å². The Morgan fingerprint density at radius 1 is 1.19 bits per heavy atom. The summed E-state index contributed by atoms with van der Waals surface area (Å²) in [6.07, 6.45) is 0.320. The van der Waals surface area contributed by atoms with Crippen LogP contribution in [0.15, 0.2) is 41.6 Å². The van der Waals surface area contributed by atoms with Crippen LogP contribution in [0.1, 0.15) is 23.2 Å². The number of piperidine rings is 1. The molecule has 0 spiro atoms. The number of amides is 1. The second-order valence-corrected chi connectivity index (χ2v) is 6.53. The average Bonchev–Trinajstić information content (AvgIpc) is 3.30. The van der Waals surface area contributed by atoms with Crippen molar-refractivity contribution in [2.24, 2.45) is 5.92 Å². The zero-order valence-corrected chi connectivity index (χ0v) is 14.1. The zero-order chi connectivity index (χ0) is 19.2. The molecule has 10 heteroatoms. The molecule has 0 unspecified atom stereocenters. The number of halogens is 3. The first-order chi connectivity index (χ1) is 12.8. The minimum absolute atomic E-state index is 0.0681. The number of likely N-dealkylation sites (tertiary alicyclic amines) is 1. The highest BCUT2D eigenvalue weighted by Gasteiger charge is 2.41. The first-order valence-corrected chi connectivity index (χ1v) is 8.45. The predicted molar refractivity (Wildman–Crippen MR) is 89.8 cm³/mol. The number of H-pyrrole nitrogens is 1. The van der Waals surface area contributed by atoms with Crippen LogP contribution in [0.5, 0.6) is 0 Å². The van der Waals surface area contributed by atoms with Gasteiger partial charge in [-0.05, 0) is 31.0 Å². The predicted octanol–water partition coefficient (Wildman–Crippen LogP) is 2.23. The Morgan fingerprint density at radius 3 is 2.63 bits per heavy atom.